The Hall–Kier alpha value is -6.56. The first-order chi connectivity index (χ1) is 32.3. The van der Waals surface area contributed by atoms with Gasteiger partial charge in [-0.15, -0.1) is 0 Å². The smallest absolute Gasteiger partial charge is 0.184 e. The molecule has 1 atom stereocenters. The van der Waals surface area contributed by atoms with Crippen molar-refractivity contribution in [3.8, 4) is 0 Å². The predicted molar refractivity (Wildman–Crippen MR) is 253 cm³/mol. The van der Waals surface area contributed by atoms with Gasteiger partial charge in [0.1, 0.15) is 0 Å². The van der Waals surface area contributed by atoms with E-state index in [9.17, 15) is 0 Å². The van der Waals surface area contributed by atoms with Crippen molar-refractivity contribution in [3.05, 3.63) is 287 Å². The second-order valence-electron chi connectivity index (χ2n) is 17.4. The molecule has 2 saturated heterocycles. The lowest BCUT2D eigenvalue weighted by atomic mass is 9.66. The van der Waals surface area contributed by atoms with Gasteiger partial charge in [-0.2, -0.15) is 0 Å². The monoisotopic (exact) mass is 872 g/mol. The molecule has 8 aromatic rings. The molecule has 0 radical (unpaired) electrons. The van der Waals surface area contributed by atoms with Crippen LogP contribution >= 0.6 is 0 Å². The molecule has 66 heavy (non-hydrogen) atoms. The van der Waals surface area contributed by atoms with Crippen molar-refractivity contribution in [2.75, 3.05) is 0 Å². The zero-order chi connectivity index (χ0) is 45.1. The van der Waals surface area contributed by atoms with Gasteiger partial charge in [-0.1, -0.05) is 243 Å². The third kappa shape index (κ3) is 7.38. The Balaban J connectivity index is 1.02. The molecule has 2 aliphatic rings. The molecule has 0 aliphatic carbocycles. The van der Waals surface area contributed by atoms with Crippen molar-refractivity contribution in [3.63, 3.8) is 0 Å². The quantitative estimate of drug-likeness (QED) is 0.107. The van der Waals surface area contributed by atoms with Crippen LogP contribution in [-0.2, 0) is 51.4 Å². The lowest BCUT2D eigenvalue weighted by Gasteiger charge is -2.42. The summed E-state index contributed by atoms with van der Waals surface area (Å²) in [6.45, 7) is 5.94. The SMILES string of the molecule is CC(CC(C)(C)ON1OC(c2ccccc2)(c2ccccc2)C(c2ccccc2)(c2ccccc2)O1)ON1OC(c2ccccc2)(c2ccccc2)C(c2ccccc2)(c2ccccc2)O1. The first-order valence-electron chi connectivity index (χ1n) is 22.5. The summed E-state index contributed by atoms with van der Waals surface area (Å²) in [4.78, 5) is 42.6. The normalized spacial score (nSPS) is 18.2. The number of benzene rings is 8. The molecule has 0 spiro atoms. The van der Waals surface area contributed by atoms with Crippen molar-refractivity contribution in [1.29, 1.82) is 0 Å². The highest BCUT2D eigenvalue weighted by molar-refractivity contribution is 5.53. The second-order valence-corrected chi connectivity index (χ2v) is 17.4. The van der Waals surface area contributed by atoms with Crippen LogP contribution in [0.3, 0.4) is 0 Å². The van der Waals surface area contributed by atoms with E-state index in [0.29, 0.717) is 6.42 Å². The third-order valence-electron chi connectivity index (χ3n) is 12.6. The minimum atomic E-state index is -1.26. The highest BCUT2D eigenvalue weighted by Gasteiger charge is 2.68. The van der Waals surface area contributed by atoms with Crippen LogP contribution in [-0.4, -0.2) is 22.5 Å². The Morgan fingerprint density at radius 1 is 0.348 bits per heavy atom. The van der Waals surface area contributed by atoms with Crippen molar-refractivity contribution in [1.82, 2.24) is 10.8 Å². The summed E-state index contributed by atoms with van der Waals surface area (Å²) in [6, 6.07) is 81.6. The summed E-state index contributed by atoms with van der Waals surface area (Å²) in [7, 11) is 0. The van der Waals surface area contributed by atoms with Crippen molar-refractivity contribution < 1.29 is 29.0 Å². The van der Waals surface area contributed by atoms with Crippen LogP contribution in [0, 0.1) is 0 Å². The van der Waals surface area contributed by atoms with Gasteiger partial charge in [0.15, 0.2) is 22.4 Å². The molecule has 0 saturated carbocycles. The molecule has 8 nitrogen and oxygen atoms in total. The van der Waals surface area contributed by atoms with E-state index in [-0.39, 0.29) is 0 Å². The van der Waals surface area contributed by atoms with Gasteiger partial charge in [-0.3, -0.25) is 0 Å². The van der Waals surface area contributed by atoms with Crippen LogP contribution < -0.4 is 0 Å². The Morgan fingerprint density at radius 3 is 0.758 bits per heavy atom. The maximum absolute atomic E-state index is 7.24. The van der Waals surface area contributed by atoms with E-state index in [4.69, 9.17) is 29.0 Å². The summed E-state index contributed by atoms with van der Waals surface area (Å²) < 4.78 is 0. The van der Waals surface area contributed by atoms with Crippen LogP contribution in [0.1, 0.15) is 71.7 Å². The number of nitrogens with zero attached hydrogens (tertiary/aromatic N) is 2. The van der Waals surface area contributed by atoms with Crippen LogP contribution in [0.2, 0.25) is 0 Å². The van der Waals surface area contributed by atoms with E-state index in [1.54, 1.807) is 0 Å². The Labute approximate surface area is 386 Å². The Morgan fingerprint density at radius 2 is 0.545 bits per heavy atom. The molecule has 0 N–H and O–H groups in total. The van der Waals surface area contributed by atoms with E-state index < -0.39 is 34.1 Å². The summed E-state index contributed by atoms with van der Waals surface area (Å²) in [5, 5.41) is 2.41. The van der Waals surface area contributed by atoms with Gasteiger partial charge in [-0.05, 0) is 65.3 Å². The highest BCUT2D eigenvalue weighted by atomic mass is 17.2. The molecular formula is C58H52N2O6. The van der Waals surface area contributed by atoms with Crippen LogP contribution in [0.5, 0.6) is 0 Å². The fraction of sp³-hybridized carbons (Fsp3) is 0.172. The number of hydrogen-bond acceptors (Lipinski definition) is 8. The minimum Gasteiger partial charge on any atom is -0.247 e. The van der Waals surface area contributed by atoms with E-state index in [1.165, 1.54) is 10.8 Å². The average molecular weight is 873 g/mol. The molecule has 2 fully saturated rings. The molecule has 10 rings (SSSR count). The van der Waals surface area contributed by atoms with Gasteiger partial charge in [0, 0.05) is 6.42 Å². The highest BCUT2D eigenvalue weighted by Crippen LogP contribution is 2.61. The molecule has 1 unspecified atom stereocenters. The Bertz CT molecular complexity index is 2450. The minimum absolute atomic E-state index is 0.347. The maximum atomic E-state index is 7.24. The third-order valence-corrected chi connectivity index (χ3v) is 12.6. The van der Waals surface area contributed by atoms with Crippen molar-refractivity contribution in [2.24, 2.45) is 0 Å². The molecule has 0 bridgehead atoms. The van der Waals surface area contributed by atoms with Crippen molar-refractivity contribution >= 4 is 0 Å². The summed E-state index contributed by atoms with van der Waals surface area (Å²) >= 11 is 0. The van der Waals surface area contributed by atoms with Gasteiger partial charge in [-0.25, -0.2) is 29.0 Å². The zero-order valence-corrected chi connectivity index (χ0v) is 37.2. The van der Waals surface area contributed by atoms with E-state index in [2.05, 4.69) is 97.1 Å². The van der Waals surface area contributed by atoms with E-state index in [1.807, 2.05) is 166 Å². The second kappa shape index (κ2) is 18.0. The largest absolute Gasteiger partial charge is 0.247 e. The van der Waals surface area contributed by atoms with E-state index >= 15 is 0 Å². The molecule has 0 amide bonds. The molecule has 8 heteroatoms. The average Bonchev–Trinajstić information content (AvgIpc) is 3.91. The molecule has 330 valence electrons. The summed E-state index contributed by atoms with van der Waals surface area (Å²) in [5.41, 5.74) is 1.09. The standard InChI is InChI=1S/C58H52N2O6/c1-45(61-59-63-55(46-28-12-4-13-29-46,47-30-14-5-15-31-47)56(64-59,48-32-16-6-17-33-48)49-34-18-7-19-35-49)44-54(2,3)62-60-65-57(50-36-20-8-21-37-50,51-38-22-9-23-39-51)58(66-60,52-40-24-10-25-41-52)53-42-26-11-27-43-53/h4-43,45H,44H2,1-3H3. The fourth-order valence-corrected chi connectivity index (χ4v) is 10.0. The van der Waals surface area contributed by atoms with E-state index in [0.717, 1.165) is 44.5 Å². The number of rotatable bonds is 14. The van der Waals surface area contributed by atoms with Gasteiger partial charge < -0.3 is 0 Å². The van der Waals surface area contributed by atoms with Gasteiger partial charge >= 0.3 is 0 Å². The Kier molecular flexibility index (Phi) is 11.8. The topological polar surface area (TPSA) is 61.9 Å². The van der Waals surface area contributed by atoms with Gasteiger partial charge in [0.05, 0.1) is 22.5 Å². The first-order valence-corrected chi connectivity index (χ1v) is 22.5. The molecule has 8 aromatic carbocycles. The lowest BCUT2D eigenvalue weighted by Crippen LogP contribution is -2.48. The summed E-state index contributed by atoms with van der Waals surface area (Å²) in [5.74, 6) is 0. The first kappa shape index (κ1) is 43.3. The molecule has 2 heterocycles. The van der Waals surface area contributed by atoms with Crippen LogP contribution in [0.25, 0.3) is 0 Å². The fourth-order valence-electron chi connectivity index (χ4n) is 10.0. The number of hydrogen-bond donors (Lipinski definition) is 0. The van der Waals surface area contributed by atoms with Crippen molar-refractivity contribution in [2.45, 2.75) is 61.3 Å². The maximum Gasteiger partial charge on any atom is 0.184 e. The lowest BCUT2D eigenvalue weighted by molar-refractivity contribution is -0.533. The molecule has 0 aromatic heterocycles. The van der Waals surface area contributed by atoms with Crippen LogP contribution in [0.15, 0.2) is 243 Å². The molecule has 2 aliphatic heterocycles. The molecular weight excluding hydrogens is 821 g/mol. The van der Waals surface area contributed by atoms with Gasteiger partial charge in [0.25, 0.3) is 0 Å². The summed E-state index contributed by atoms with van der Waals surface area (Å²) in [6.07, 6.45) is -0.185. The van der Waals surface area contributed by atoms with Crippen LogP contribution in [0.4, 0.5) is 0 Å². The van der Waals surface area contributed by atoms with Gasteiger partial charge in [0.2, 0.25) is 0 Å². The zero-order valence-electron chi connectivity index (χ0n) is 37.2. The predicted octanol–water partition coefficient (Wildman–Crippen LogP) is 12.5.